The lowest BCUT2D eigenvalue weighted by molar-refractivity contribution is 0.194. The molecule has 9 nitrogen and oxygen atoms in total. The number of hydrogen-bond acceptors (Lipinski definition) is 5. The summed E-state index contributed by atoms with van der Waals surface area (Å²) >= 11 is 0. The largest absolute Gasteiger partial charge is 0.465 e. The Balaban J connectivity index is 2.18. The molecule has 0 aromatic carbocycles. The summed E-state index contributed by atoms with van der Waals surface area (Å²) < 4.78 is 3.66. The zero-order valence-corrected chi connectivity index (χ0v) is 12.0. The fourth-order valence-electron chi connectivity index (χ4n) is 2.54. The molecule has 3 rings (SSSR count). The zero-order chi connectivity index (χ0) is 15.1. The first-order valence-corrected chi connectivity index (χ1v) is 6.51. The fraction of sp³-hybridized carbons (Fsp3) is 0.417. The number of amides is 1. The van der Waals surface area contributed by atoms with Gasteiger partial charge in [0.1, 0.15) is 11.3 Å². The van der Waals surface area contributed by atoms with E-state index in [0.29, 0.717) is 18.7 Å². The van der Waals surface area contributed by atoms with Gasteiger partial charge in [0.05, 0.1) is 5.52 Å². The van der Waals surface area contributed by atoms with Gasteiger partial charge in [0, 0.05) is 18.8 Å². The van der Waals surface area contributed by atoms with Crippen LogP contribution >= 0.6 is 0 Å². The second kappa shape index (κ2) is 4.69. The molecule has 3 aromatic rings. The molecule has 3 aromatic heterocycles. The van der Waals surface area contributed by atoms with Crippen LogP contribution in [0.5, 0.6) is 0 Å². The van der Waals surface area contributed by atoms with Gasteiger partial charge in [-0.1, -0.05) is 0 Å². The van der Waals surface area contributed by atoms with E-state index in [-0.39, 0.29) is 0 Å². The average Bonchev–Trinajstić information content (AvgIpc) is 3.01. The minimum Gasteiger partial charge on any atom is -0.465 e. The fourth-order valence-corrected chi connectivity index (χ4v) is 2.54. The van der Waals surface area contributed by atoms with E-state index in [1.165, 1.54) is 0 Å². The summed E-state index contributed by atoms with van der Waals surface area (Å²) in [6.07, 6.45) is -1.03. The van der Waals surface area contributed by atoms with Crippen LogP contribution in [0.4, 0.5) is 4.79 Å². The minimum absolute atomic E-state index is 0.316. The average molecular weight is 289 g/mol. The number of tetrazole rings is 1. The van der Waals surface area contributed by atoms with Gasteiger partial charge < -0.3 is 15.0 Å². The van der Waals surface area contributed by atoms with Crippen molar-refractivity contribution in [2.24, 2.45) is 0 Å². The number of carboxylic acid groups (broad SMARTS) is 1. The van der Waals surface area contributed by atoms with Crippen molar-refractivity contribution < 1.29 is 9.90 Å². The van der Waals surface area contributed by atoms with Crippen LogP contribution in [-0.4, -0.2) is 47.3 Å². The summed E-state index contributed by atoms with van der Waals surface area (Å²) in [5.74, 6) is 0.802. The molecule has 0 saturated heterocycles. The molecule has 3 heterocycles. The highest BCUT2D eigenvalue weighted by atomic mass is 16.4. The molecule has 0 aliphatic rings. The quantitative estimate of drug-likeness (QED) is 0.733. The molecule has 1 amide bonds. The van der Waals surface area contributed by atoms with Crippen LogP contribution in [0.25, 0.3) is 16.7 Å². The van der Waals surface area contributed by atoms with Gasteiger partial charge in [-0.25, -0.2) is 9.78 Å². The third-order valence-electron chi connectivity index (χ3n) is 3.67. The lowest BCUT2D eigenvalue weighted by atomic mass is 10.2. The van der Waals surface area contributed by atoms with Crippen LogP contribution in [0, 0.1) is 20.8 Å². The molecule has 2 N–H and O–H groups in total. The first kappa shape index (κ1) is 13.3. The molecular formula is C12H15N7O2. The molecule has 0 radical (unpaired) electrons. The maximum absolute atomic E-state index is 10.6. The van der Waals surface area contributed by atoms with Crippen molar-refractivity contribution in [3.8, 4) is 0 Å². The molecule has 110 valence electrons. The van der Waals surface area contributed by atoms with E-state index >= 15 is 0 Å². The highest BCUT2D eigenvalue weighted by Crippen LogP contribution is 2.25. The lowest BCUT2D eigenvalue weighted by Gasteiger charge is -2.10. The number of rotatable bonds is 3. The van der Waals surface area contributed by atoms with Crippen LogP contribution in [0.2, 0.25) is 0 Å². The van der Waals surface area contributed by atoms with Crippen molar-refractivity contribution in [1.82, 2.24) is 34.9 Å². The number of hydrogen-bond donors (Lipinski definition) is 2. The van der Waals surface area contributed by atoms with Crippen molar-refractivity contribution in [2.75, 3.05) is 6.54 Å². The molecule has 0 atom stereocenters. The molecule has 9 heteroatoms. The van der Waals surface area contributed by atoms with E-state index in [1.807, 2.05) is 25.3 Å². The molecule has 0 spiro atoms. The Hall–Kier alpha value is -2.71. The third kappa shape index (κ3) is 1.97. The Morgan fingerprint density at radius 1 is 1.33 bits per heavy atom. The zero-order valence-electron chi connectivity index (χ0n) is 12.0. The summed E-state index contributed by atoms with van der Waals surface area (Å²) in [6, 6.07) is 0. The minimum atomic E-state index is -1.03. The standard InChI is InChI=1S/C12H15N7O2/c1-6-7(2)19-11(15-16-17-19)9-10(6)18(8(3)14-9)5-4-13-12(20)21/h13H,4-5H2,1-3H3,(H,20,21). The van der Waals surface area contributed by atoms with Gasteiger partial charge in [0.25, 0.3) is 0 Å². The summed E-state index contributed by atoms with van der Waals surface area (Å²) in [5.41, 5.74) is 4.26. The van der Waals surface area contributed by atoms with Crippen molar-refractivity contribution in [3.63, 3.8) is 0 Å². The van der Waals surface area contributed by atoms with Gasteiger partial charge in [-0.05, 0) is 36.8 Å². The second-order valence-electron chi connectivity index (χ2n) is 4.86. The van der Waals surface area contributed by atoms with E-state index in [0.717, 1.165) is 28.1 Å². The Morgan fingerprint density at radius 2 is 2.10 bits per heavy atom. The predicted octanol–water partition coefficient (Wildman–Crippen LogP) is 0.667. The number of pyridine rings is 1. The van der Waals surface area contributed by atoms with E-state index in [2.05, 4.69) is 25.8 Å². The summed E-state index contributed by atoms with van der Waals surface area (Å²) in [6.45, 7) is 6.64. The number of nitrogens with zero attached hydrogens (tertiary/aromatic N) is 6. The smallest absolute Gasteiger partial charge is 0.404 e. The van der Waals surface area contributed by atoms with E-state index in [9.17, 15) is 4.79 Å². The number of nitrogens with one attached hydrogen (secondary N) is 1. The molecule has 0 aliphatic heterocycles. The second-order valence-corrected chi connectivity index (χ2v) is 4.86. The van der Waals surface area contributed by atoms with Crippen LogP contribution in [-0.2, 0) is 6.54 Å². The predicted molar refractivity (Wildman–Crippen MR) is 74.3 cm³/mol. The summed E-state index contributed by atoms with van der Waals surface area (Å²) in [7, 11) is 0. The number of fused-ring (bicyclic) bond motifs is 3. The van der Waals surface area contributed by atoms with Crippen LogP contribution in [0.3, 0.4) is 0 Å². The molecule has 0 unspecified atom stereocenters. The SMILES string of the molecule is Cc1c(C)n2nnnc2c2nc(C)n(CCNC(=O)O)c12. The third-order valence-corrected chi connectivity index (χ3v) is 3.67. The number of aromatic nitrogens is 6. The normalized spacial score (nSPS) is 11.4. The van der Waals surface area contributed by atoms with Crippen LogP contribution < -0.4 is 5.32 Å². The van der Waals surface area contributed by atoms with E-state index in [1.54, 1.807) is 4.52 Å². The number of imidazole rings is 1. The van der Waals surface area contributed by atoms with Gasteiger partial charge in [0.2, 0.25) is 5.65 Å². The molecule has 0 saturated carbocycles. The maximum Gasteiger partial charge on any atom is 0.404 e. The van der Waals surface area contributed by atoms with Crippen LogP contribution in [0.15, 0.2) is 0 Å². The van der Waals surface area contributed by atoms with Gasteiger partial charge in [-0.3, -0.25) is 0 Å². The van der Waals surface area contributed by atoms with Crippen molar-refractivity contribution in [2.45, 2.75) is 27.3 Å². The maximum atomic E-state index is 10.6. The van der Waals surface area contributed by atoms with Crippen molar-refractivity contribution in [1.29, 1.82) is 0 Å². The number of aryl methyl sites for hydroxylation is 3. The Kier molecular flexibility index (Phi) is 2.96. The van der Waals surface area contributed by atoms with Gasteiger partial charge >= 0.3 is 6.09 Å². The van der Waals surface area contributed by atoms with E-state index < -0.39 is 6.09 Å². The van der Waals surface area contributed by atoms with Crippen LogP contribution in [0.1, 0.15) is 17.1 Å². The molecule has 0 aliphatic carbocycles. The molecule has 0 fully saturated rings. The van der Waals surface area contributed by atoms with E-state index in [4.69, 9.17) is 5.11 Å². The van der Waals surface area contributed by atoms with Gasteiger partial charge in [0.15, 0.2) is 0 Å². The number of carbonyl (C=O) groups is 1. The molecule has 0 bridgehead atoms. The Morgan fingerprint density at radius 3 is 2.81 bits per heavy atom. The monoisotopic (exact) mass is 289 g/mol. The first-order valence-electron chi connectivity index (χ1n) is 6.51. The summed E-state index contributed by atoms with van der Waals surface area (Å²) in [5, 5.41) is 22.7. The van der Waals surface area contributed by atoms with Crippen molar-refractivity contribution in [3.05, 3.63) is 17.1 Å². The topological polar surface area (TPSA) is 110 Å². The van der Waals surface area contributed by atoms with Crippen molar-refractivity contribution >= 4 is 22.8 Å². The highest BCUT2D eigenvalue weighted by Gasteiger charge is 2.18. The summed E-state index contributed by atoms with van der Waals surface area (Å²) in [4.78, 5) is 15.1. The van der Waals surface area contributed by atoms with Gasteiger partial charge in [-0.2, -0.15) is 4.52 Å². The molecular weight excluding hydrogens is 274 g/mol. The Bertz CT molecular complexity index is 848. The lowest BCUT2D eigenvalue weighted by Crippen LogP contribution is -2.25. The highest BCUT2D eigenvalue weighted by molar-refractivity contribution is 5.91. The van der Waals surface area contributed by atoms with Gasteiger partial charge in [-0.15, -0.1) is 5.10 Å². The first-order chi connectivity index (χ1) is 10.0. The molecule has 21 heavy (non-hydrogen) atoms. The Labute approximate surface area is 119 Å².